The van der Waals surface area contributed by atoms with Crippen LogP contribution in [0, 0.1) is 19.0 Å². The van der Waals surface area contributed by atoms with Gasteiger partial charge >= 0.3 is 0 Å². The Balaban J connectivity index is 2.10. The number of aromatic hydroxyl groups is 1. The highest BCUT2D eigenvalue weighted by Gasteiger charge is 2.68. The van der Waals surface area contributed by atoms with Gasteiger partial charge in [0.15, 0.2) is 11.4 Å². The lowest BCUT2D eigenvalue weighted by Gasteiger charge is -2.53. The van der Waals surface area contributed by atoms with E-state index in [1.54, 1.807) is 13.0 Å². The van der Waals surface area contributed by atoms with Gasteiger partial charge in [-0.25, -0.2) is 0 Å². The molecule has 12 heteroatoms. The van der Waals surface area contributed by atoms with Crippen molar-refractivity contribution >= 4 is 68.4 Å². The summed E-state index contributed by atoms with van der Waals surface area (Å²) in [6, 6.07) is 0.321. The summed E-state index contributed by atoms with van der Waals surface area (Å²) in [4.78, 5) is 40.3. The Morgan fingerprint density at radius 3 is 2.26 bits per heavy atom. The molecule has 34 heavy (non-hydrogen) atoms. The summed E-state index contributed by atoms with van der Waals surface area (Å²) in [5.74, 6) is -8.88. The summed E-state index contributed by atoms with van der Waals surface area (Å²) in [6.45, 7) is 1.70. The lowest BCUT2D eigenvalue weighted by Crippen LogP contribution is -2.70. The molecule has 4 rings (SSSR count). The van der Waals surface area contributed by atoms with Crippen LogP contribution < -0.4 is 5.73 Å². The number of Topliss-reactive ketones (excluding diaryl/α,β-unsaturated/α-hetero) is 2. The van der Waals surface area contributed by atoms with E-state index in [0.717, 1.165) is 0 Å². The highest BCUT2D eigenvalue weighted by molar-refractivity contribution is 14.1. The molecule has 0 bridgehead atoms. The molecule has 0 aliphatic heterocycles. The van der Waals surface area contributed by atoms with Crippen LogP contribution in [-0.4, -0.2) is 79.7 Å². The number of nitrogens with zero attached hydrogens (tertiary/aromatic N) is 1. The number of carbonyl (C=O) groups is 3. The number of nitrogens with two attached hydrogens (primary N) is 1. The highest BCUT2D eigenvalue weighted by Crippen LogP contribution is 2.57. The molecule has 0 spiro atoms. The topological polar surface area (TPSA) is 182 Å². The second-order valence-electron chi connectivity index (χ2n) is 9.03. The lowest BCUT2D eigenvalue weighted by atomic mass is 9.54. The summed E-state index contributed by atoms with van der Waals surface area (Å²) < 4.78 is 1.09. The van der Waals surface area contributed by atoms with E-state index in [2.05, 4.69) is 0 Å². The van der Waals surface area contributed by atoms with Crippen molar-refractivity contribution in [2.75, 3.05) is 14.1 Å². The van der Waals surface area contributed by atoms with Gasteiger partial charge in [-0.05, 0) is 76.8 Å². The number of fused-ring (bicyclic) bond motifs is 3. The molecular weight excluding hydrogens is 674 g/mol. The monoisotopic (exact) mass is 696 g/mol. The van der Waals surface area contributed by atoms with Gasteiger partial charge in [0.1, 0.15) is 22.8 Å². The molecule has 0 saturated heterocycles. The molecular formula is C22H22I2N2O8. The summed E-state index contributed by atoms with van der Waals surface area (Å²) in [5, 5.41) is 55.9. The summed E-state index contributed by atoms with van der Waals surface area (Å²) in [5.41, 5.74) is 1.54. The van der Waals surface area contributed by atoms with E-state index in [1.165, 1.54) is 19.0 Å². The predicted octanol–water partition coefficient (Wildman–Crippen LogP) is 0.705. The van der Waals surface area contributed by atoms with Crippen molar-refractivity contribution in [3.05, 3.63) is 41.2 Å². The maximum Gasteiger partial charge on any atom is 0.255 e. The van der Waals surface area contributed by atoms with E-state index in [0.29, 0.717) is 12.7 Å². The molecule has 0 aromatic heterocycles. The minimum Gasteiger partial charge on any atom is -0.508 e. The number of phenolic OH excluding ortho intramolecular Hbond substituents is 1. The number of rotatable bonds is 2. The Morgan fingerprint density at radius 1 is 1.15 bits per heavy atom. The fraction of sp³-hybridized carbons (Fsp3) is 0.409. The molecule has 1 aromatic rings. The highest BCUT2D eigenvalue weighted by atomic mass is 127. The number of benzene rings is 1. The minimum absolute atomic E-state index is 0.00714. The number of carbonyl (C=O) groups excluding carboxylic acids is 3. The third-order valence-corrected chi connectivity index (χ3v) is 8.84. The molecule has 3 aliphatic carbocycles. The quantitative estimate of drug-likeness (QED) is 0.192. The van der Waals surface area contributed by atoms with Crippen molar-refractivity contribution in [3.63, 3.8) is 0 Å². The molecule has 10 nitrogen and oxygen atoms in total. The van der Waals surface area contributed by atoms with E-state index in [1.807, 2.05) is 45.2 Å². The maximum atomic E-state index is 13.8. The van der Waals surface area contributed by atoms with Crippen LogP contribution >= 0.6 is 45.2 Å². The van der Waals surface area contributed by atoms with Crippen molar-refractivity contribution in [3.8, 4) is 5.75 Å². The van der Waals surface area contributed by atoms with Crippen LogP contribution in [0.1, 0.15) is 24.0 Å². The van der Waals surface area contributed by atoms with Crippen LogP contribution in [0.3, 0.4) is 0 Å². The first-order valence-corrected chi connectivity index (χ1v) is 12.4. The molecule has 7 N–H and O–H groups in total. The number of amides is 1. The summed E-state index contributed by atoms with van der Waals surface area (Å²) in [7, 11) is 2.93. The molecule has 1 aromatic carbocycles. The maximum absolute atomic E-state index is 13.8. The van der Waals surface area contributed by atoms with Crippen LogP contribution in [-0.2, 0) is 14.4 Å². The molecule has 3 aliphatic rings. The molecule has 1 fully saturated rings. The zero-order valence-corrected chi connectivity index (χ0v) is 22.5. The zero-order chi connectivity index (χ0) is 25.6. The van der Waals surface area contributed by atoms with Gasteiger partial charge in [0.05, 0.1) is 27.2 Å². The van der Waals surface area contributed by atoms with Gasteiger partial charge in [0.25, 0.3) is 5.91 Å². The second-order valence-corrected chi connectivity index (χ2v) is 11.4. The van der Waals surface area contributed by atoms with Gasteiger partial charge in [-0.1, -0.05) is 6.92 Å². The number of likely N-dealkylation sites (N-methyl/N-ethyl adjacent to an activating group) is 1. The van der Waals surface area contributed by atoms with Crippen LogP contribution in [0.25, 0.3) is 5.76 Å². The predicted molar refractivity (Wildman–Crippen MR) is 136 cm³/mol. The smallest absolute Gasteiger partial charge is 0.255 e. The van der Waals surface area contributed by atoms with Crippen molar-refractivity contribution in [2.24, 2.45) is 17.6 Å². The van der Waals surface area contributed by atoms with Crippen LogP contribution in [0.4, 0.5) is 0 Å². The molecule has 6 atom stereocenters. The number of phenols is 1. The normalized spacial score (nSPS) is 33.1. The number of hydrogen-bond acceptors (Lipinski definition) is 9. The number of halogens is 2. The largest absolute Gasteiger partial charge is 0.508 e. The summed E-state index contributed by atoms with van der Waals surface area (Å²) in [6.07, 6.45) is -1.60. The van der Waals surface area contributed by atoms with E-state index in [9.17, 15) is 39.9 Å². The Kier molecular flexibility index (Phi) is 6.07. The van der Waals surface area contributed by atoms with E-state index in [4.69, 9.17) is 5.73 Å². The van der Waals surface area contributed by atoms with E-state index < -0.39 is 75.6 Å². The van der Waals surface area contributed by atoms with Gasteiger partial charge in [-0.15, -0.1) is 0 Å². The molecule has 0 heterocycles. The minimum atomic E-state index is -2.91. The fourth-order valence-corrected chi connectivity index (χ4v) is 7.93. The number of hydrogen-bond donors (Lipinski definition) is 6. The second kappa shape index (κ2) is 8.15. The van der Waals surface area contributed by atoms with Crippen molar-refractivity contribution in [2.45, 2.75) is 30.6 Å². The first-order chi connectivity index (χ1) is 15.7. The summed E-state index contributed by atoms with van der Waals surface area (Å²) >= 11 is 3.90. The van der Waals surface area contributed by atoms with E-state index >= 15 is 0 Å². The number of aliphatic hydroxyl groups is 4. The van der Waals surface area contributed by atoms with Crippen molar-refractivity contribution in [1.82, 2.24) is 4.90 Å². The van der Waals surface area contributed by atoms with Gasteiger partial charge in [-0.2, -0.15) is 0 Å². The third kappa shape index (κ3) is 3.04. The van der Waals surface area contributed by atoms with Crippen molar-refractivity contribution < 1.29 is 39.9 Å². The standard InChI is InChI=1S/C22H22I2N2O8/c1-5-8-6(23)4-7(24)15(27)10(8)16(28)11-9(5)17(29)13-14(26(2)3)18(30)12(21(25)33)20(32)22(13,34)19(11)31/h4-5,9,13-14,17,27-29,32,34H,1-3H3,(H2,25,33). The van der Waals surface area contributed by atoms with Gasteiger partial charge in [0, 0.05) is 15.1 Å². The third-order valence-electron chi connectivity index (χ3n) is 7.13. The first kappa shape index (κ1) is 25.3. The fourth-order valence-electron chi connectivity index (χ4n) is 5.68. The average Bonchev–Trinajstić information content (AvgIpc) is 2.73. The SMILES string of the molecule is CC1c2c(I)cc(I)c(O)c2C(O)=C2C(=O)C3(O)C(O)=C(C(N)=O)C(=O)C(N(C)C)C3C(O)C21. The molecule has 1 amide bonds. The molecule has 182 valence electrons. The first-order valence-electron chi connectivity index (χ1n) is 10.2. The lowest BCUT2D eigenvalue weighted by molar-refractivity contribution is -0.169. The Hall–Kier alpha value is -1.75. The molecule has 0 radical (unpaired) electrons. The van der Waals surface area contributed by atoms with Gasteiger partial charge < -0.3 is 31.3 Å². The molecule has 6 unspecified atom stereocenters. The Labute approximate surface area is 221 Å². The average molecular weight is 696 g/mol. The van der Waals surface area contributed by atoms with Crippen LogP contribution in [0.15, 0.2) is 23.0 Å². The Bertz CT molecular complexity index is 1240. The number of primary amides is 1. The number of ketones is 2. The van der Waals surface area contributed by atoms with Gasteiger partial charge in [0.2, 0.25) is 5.78 Å². The molecule has 1 saturated carbocycles. The van der Waals surface area contributed by atoms with E-state index in [-0.39, 0.29) is 11.3 Å². The number of aliphatic hydroxyl groups excluding tert-OH is 3. The van der Waals surface area contributed by atoms with Crippen molar-refractivity contribution in [1.29, 1.82) is 0 Å². The van der Waals surface area contributed by atoms with Crippen LogP contribution in [0.5, 0.6) is 5.75 Å². The zero-order valence-electron chi connectivity index (χ0n) is 18.2. The van der Waals surface area contributed by atoms with Gasteiger partial charge in [-0.3, -0.25) is 19.3 Å². The Morgan fingerprint density at radius 2 is 1.74 bits per heavy atom. The van der Waals surface area contributed by atoms with Crippen LogP contribution in [0.2, 0.25) is 0 Å².